The molecule has 110 valence electrons. The van der Waals surface area contributed by atoms with Crippen molar-refractivity contribution in [1.29, 1.82) is 0 Å². The van der Waals surface area contributed by atoms with Gasteiger partial charge >= 0.3 is 0 Å². The number of hydrogen-bond donors (Lipinski definition) is 4. The quantitative estimate of drug-likeness (QED) is 0.569. The van der Waals surface area contributed by atoms with E-state index in [9.17, 15) is 15.3 Å². The number of fused-ring (bicyclic) bond motifs is 1. The zero-order chi connectivity index (χ0) is 14.2. The smallest absolute Gasteiger partial charge is 0.159 e. The fraction of sp³-hybridized carbons (Fsp3) is 0.917. The topological polar surface area (TPSA) is 94.3 Å². The van der Waals surface area contributed by atoms with E-state index in [2.05, 4.69) is 17.2 Å². The van der Waals surface area contributed by atoms with Gasteiger partial charge in [0.2, 0.25) is 0 Å². The van der Waals surface area contributed by atoms with Crippen LogP contribution in [0, 0.1) is 0 Å². The van der Waals surface area contributed by atoms with E-state index in [1.54, 1.807) is 13.8 Å². The van der Waals surface area contributed by atoms with Gasteiger partial charge in [0.15, 0.2) is 5.17 Å². The number of amidine groups is 1. The Morgan fingerprint density at radius 3 is 2.63 bits per heavy atom. The van der Waals surface area contributed by atoms with E-state index in [0.717, 1.165) is 18.1 Å². The number of nitrogens with one attached hydrogen (secondary N) is 1. The molecule has 2 heterocycles. The molecule has 0 aromatic carbocycles. The largest absolute Gasteiger partial charge is 0.388 e. The summed E-state index contributed by atoms with van der Waals surface area (Å²) < 4.78 is 5.72. The summed E-state index contributed by atoms with van der Waals surface area (Å²) in [7, 11) is 0. The predicted octanol–water partition coefficient (Wildman–Crippen LogP) is -0.325. The lowest BCUT2D eigenvalue weighted by Gasteiger charge is -2.43. The average molecular weight is 290 g/mol. The van der Waals surface area contributed by atoms with Gasteiger partial charge in [0.1, 0.15) is 29.8 Å². The zero-order valence-electron chi connectivity index (χ0n) is 11.4. The van der Waals surface area contributed by atoms with Gasteiger partial charge in [0.05, 0.1) is 5.60 Å². The standard InChI is InChI=1S/C12H22N2O4S/c1-4-5-13-11-14-6-7(15)8(16)9(12(2,3)17)18-10(6)19-11/h6-10,15-17H,4-5H2,1-3H3,(H,13,14)/t6-,7-,8+,9+,10?/m1/s1. The molecule has 0 saturated carbocycles. The van der Waals surface area contributed by atoms with E-state index in [1.807, 2.05) is 0 Å². The predicted molar refractivity (Wildman–Crippen MR) is 74.1 cm³/mol. The van der Waals surface area contributed by atoms with E-state index < -0.39 is 30.0 Å². The molecular weight excluding hydrogens is 268 g/mol. The summed E-state index contributed by atoms with van der Waals surface area (Å²) in [6.45, 7) is 5.98. The third-order valence-electron chi connectivity index (χ3n) is 3.29. The average Bonchev–Trinajstić information content (AvgIpc) is 2.73. The molecular formula is C12H22N2O4S. The molecule has 6 nitrogen and oxygen atoms in total. The Kier molecular flexibility index (Phi) is 4.42. The minimum Gasteiger partial charge on any atom is -0.388 e. The first-order chi connectivity index (χ1) is 8.84. The Morgan fingerprint density at radius 2 is 2.05 bits per heavy atom. The highest BCUT2D eigenvalue weighted by molar-refractivity contribution is 8.14. The maximum Gasteiger partial charge on any atom is 0.159 e. The SMILES string of the molecule is CCCNC1=N[C@H]2C(O[C@H](C(C)(C)O)[C@@H](O)[C@@H]2O)S1. The summed E-state index contributed by atoms with van der Waals surface area (Å²) in [5, 5.41) is 34.1. The van der Waals surface area contributed by atoms with Crippen molar-refractivity contribution in [3.05, 3.63) is 0 Å². The first-order valence-corrected chi connectivity index (χ1v) is 7.45. The Hall–Kier alpha value is -0.340. The fourth-order valence-corrected chi connectivity index (χ4v) is 3.39. The molecule has 0 aromatic heterocycles. The van der Waals surface area contributed by atoms with Crippen molar-refractivity contribution in [1.82, 2.24) is 5.32 Å². The van der Waals surface area contributed by atoms with Crippen LogP contribution in [-0.2, 0) is 4.74 Å². The highest BCUT2D eigenvalue weighted by Gasteiger charge is 2.52. The van der Waals surface area contributed by atoms with Crippen LogP contribution in [0.3, 0.4) is 0 Å². The third kappa shape index (κ3) is 3.05. The number of hydrogen-bond acceptors (Lipinski definition) is 7. The molecule has 0 aromatic rings. The number of aliphatic hydroxyl groups is 3. The van der Waals surface area contributed by atoms with Crippen molar-refractivity contribution in [2.24, 2.45) is 4.99 Å². The normalized spacial score (nSPS) is 38.8. The van der Waals surface area contributed by atoms with Crippen LogP contribution in [0.2, 0.25) is 0 Å². The van der Waals surface area contributed by atoms with Crippen molar-refractivity contribution < 1.29 is 20.1 Å². The molecule has 0 spiro atoms. The Bertz CT molecular complexity index is 358. The van der Waals surface area contributed by atoms with Crippen molar-refractivity contribution in [3.63, 3.8) is 0 Å². The molecule has 0 amide bonds. The van der Waals surface area contributed by atoms with Crippen LogP contribution < -0.4 is 5.32 Å². The van der Waals surface area contributed by atoms with Crippen LogP contribution in [0.25, 0.3) is 0 Å². The molecule has 5 atom stereocenters. The number of aliphatic hydroxyl groups excluding tert-OH is 2. The van der Waals surface area contributed by atoms with Crippen LogP contribution in [0.4, 0.5) is 0 Å². The van der Waals surface area contributed by atoms with Crippen molar-refractivity contribution in [2.75, 3.05) is 6.54 Å². The molecule has 2 aliphatic rings. The van der Waals surface area contributed by atoms with Crippen LogP contribution >= 0.6 is 11.8 Å². The monoisotopic (exact) mass is 290 g/mol. The lowest BCUT2D eigenvalue weighted by molar-refractivity contribution is -0.208. The van der Waals surface area contributed by atoms with Gasteiger partial charge in [-0.3, -0.25) is 4.99 Å². The molecule has 19 heavy (non-hydrogen) atoms. The third-order valence-corrected chi connectivity index (χ3v) is 4.38. The maximum absolute atomic E-state index is 10.1. The second-order valence-corrected chi connectivity index (χ2v) is 6.62. The summed E-state index contributed by atoms with van der Waals surface area (Å²) in [6.07, 6.45) is -2.01. The summed E-state index contributed by atoms with van der Waals surface area (Å²) in [5.74, 6) is 0. The molecule has 0 radical (unpaired) electrons. The molecule has 4 N–H and O–H groups in total. The minimum atomic E-state index is -1.22. The molecule has 2 rings (SSSR count). The number of thioether (sulfide) groups is 1. The molecule has 7 heteroatoms. The van der Waals surface area contributed by atoms with Crippen molar-refractivity contribution in [3.8, 4) is 0 Å². The highest BCUT2D eigenvalue weighted by Crippen LogP contribution is 2.38. The van der Waals surface area contributed by atoms with Gasteiger partial charge in [-0.2, -0.15) is 0 Å². The molecule has 1 unspecified atom stereocenters. The van der Waals surface area contributed by atoms with Gasteiger partial charge < -0.3 is 25.4 Å². The number of nitrogens with zero attached hydrogens (tertiary/aromatic N) is 1. The summed E-state index contributed by atoms with van der Waals surface area (Å²) in [5.41, 5.74) is -1.58. The second-order valence-electron chi connectivity index (χ2n) is 5.53. The van der Waals surface area contributed by atoms with E-state index in [0.29, 0.717) is 0 Å². The van der Waals surface area contributed by atoms with Crippen LogP contribution in [0.1, 0.15) is 27.2 Å². The molecule has 2 aliphatic heterocycles. The van der Waals surface area contributed by atoms with E-state index in [-0.39, 0.29) is 5.44 Å². The zero-order valence-corrected chi connectivity index (χ0v) is 12.2. The first kappa shape index (κ1) is 15.1. The van der Waals surface area contributed by atoms with Gasteiger partial charge in [-0.15, -0.1) is 0 Å². The van der Waals surface area contributed by atoms with E-state index in [4.69, 9.17) is 4.74 Å². The van der Waals surface area contributed by atoms with Crippen LogP contribution in [0.5, 0.6) is 0 Å². The van der Waals surface area contributed by atoms with E-state index >= 15 is 0 Å². The number of ether oxygens (including phenoxy) is 1. The summed E-state index contributed by atoms with van der Waals surface area (Å²) in [6, 6.07) is -0.488. The maximum atomic E-state index is 10.1. The minimum absolute atomic E-state index is 0.366. The molecule has 0 bridgehead atoms. The van der Waals surface area contributed by atoms with Crippen molar-refractivity contribution >= 4 is 16.9 Å². The Balaban J connectivity index is 2.08. The van der Waals surface area contributed by atoms with E-state index in [1.165, 1.54) is 11.8 Å². The second kappa shape index (κ2) is 5.57. The van der Waals surface area contributed by atoms with Gasteiger partial charge in [0, 0.05) is 6.54 Å². The number of rotatable bonds is 3. The molecule has 1 fully saturated rings. The van der Waals surface area contributed by atoms with Gasteiger partial charge in [-0.1, -0.05) is 18.7 Å². The lowest BCUT2D eigenvalue weighted by atomic mass is 9.89. The fourth-order valence-electron chi connectivity index (χ4n) is 2.26. The highest BCUT2D eigenvalue weighted by atomic mass is 32.2. The lowest BCUT2D eigenvalue weighted by Crippen LogP contribution is -2.61. The van der Waals surface area contributed by atoms with Crippen molar-refractivity contribution in [2.45, 2.75) is 62.6 Å². The van der Waals surface area contributed by atoms with Crippen LogP contribution in [-0.4, -0.2) is 62.4 Å². The molecule has 1 saturated heterocycles. The Labute approximate surface area is 117 Å². The van der Waals surface area contributed by atoms with Gasteiger partial charge in [-0.25, -0.2) is 0 Å². The number of aliphatic imine (C=N–C) groups is 1. The van der Waals surface area contributed by atoms with Gasteiger partial charge in [-0.05, 0) is 20.3 Å². The summed E-state index contributed by atoms with van der Waals surface area (Å²) >= 11 is 1.39. The molecule has 0 aliphatic carbocycles. The van der Waals surface area contributed by atoms with Crippen LogP contribution in [0.15, 0.2) is 4.99 Å². The Morgan fingerprint density at radius 1 is 1.37 bits per heavy atom. The first-order valence-electron chi connectivity index (χ1n) is 6.57. The van der Waals surface area contributed by atoms with Gasteiger partial charge in [0.25, 0.3) is 0 Å². The summed E-state index contributed by atoms with van der Waals surface area (Å²) in [4.78, 5) is 4.35.